The van der Waals surface area contributed by atoms with Crippen LogP contribution in [-0.4, -0.2) is 36.7 Å². The molecule has 26 heavy (non-hydrogen) atoms. The maximum Gasteiger partial charge on any atom is 0.259 e. The number of nitrogens with zero attached hydrogens (tertiary/aromatic N) is 2. The summed E-state index contributed by atoms with van der Waals surface area (Å²) in [6, 6.07) is 15.0. The monoisotopic (exact) mass is 386 g/mol. The second-order valence-electron chi connectivity index (χ2n) is 6.08. The average molecular weight is 387 g/mol. The molecule has 0 fully saturated rings. The van der Waals surface area contributed by atoms with Gasteiger partial charge in [0.25, 0.3) is 11.8 Å². The van der Waals surface area contributed by atoms with Gasteiger partial charge in [-0.3, -0.25) is 9.59 Å². The van der Waals surface area contributed by atoms with E-state index in [9.17, 15) is 9.59 Å². The fourth-order valence-electron chi connectivity index (χ4n) is 3.66. The van der Waals surface area contributed by atoms with E-state index in [4.69, 9.17) is 23.2 Å². The third-order valence-electron chi connectivity index (χ3n) is 4.71. The van der Waals surface area contributed by atoms with Crippen molar-refractivity contribution in [3.05, 3.63) is 59.7 Å². The highest BCUT2D eigenvalue weighted by atomic mass is 35.5. The Kier molecular flexibility index (Phi) is 4.47. The number of benzene rings is 2. The van der Waals surface area contributed by atoms with Crippen LogP contribution in [-0.2, 0) is 9.59 Å². The van der Waals surface area contributed by atoms with Gasteiger partial charge in [0.05, 0.1) is 22.5 Å². The Balaban J connectivity index is 1.97. The molecule has 4 rings (SSSR count). The van der Waals surface area contributed by atoms with E-state index in [2.05, 4.69) is 0 Å². The minimum absolute atomic E-state index is 0.183. The Labute approximate surface area is 161 Å². The predicted octanol–water partition coefficient (Wildman–Crippen LogP) is 3.77. The summed E-state index contributed by atoms with van der Waals surface area (Å²) in [7, 11) is 0. The Hall–Kier alpha value is -2.30. The molecule has 2 amide bonds. The maximum absolute atomic E-state index is 13.2. The molecule has 0 saturated heterocycles. The maximum atomic E-state index is 13.2. The predicted molar refractivity (Wildman–Crippen MR) is 106 cm³/mol. The van der Waals surface area contributed by atoms with Crippen LogP contribution < -0.4 is 9.80 Å². The highest BCUT2D eigenvalue weighted by molar-refractivity contribution is 6.50. The Morgan fingerprint density at radius 1 is 0.654 bits per heavy atom. The van der Waals surface area contributed by atoms with E-state index < -0.39 is 0 Å². The van der Waals surface area contributed by atoms with Gasteiger partial charge in [0.1, 0.15) is 0 Å². The lowest BCUT2D eigenvalue weighted by atomic mass is 9.96. The van der Waals surface area contributed by atoms with E-state index in [1.54, 1.807) is 9.80 Å². The molecule has 0 radical (unpaired) electrons. The summed E-state index contributed by atoms with van der Waals surface area (Å²) < 4.78 is 0. The topological polar surface area (TPSA) is 40.6 Å². The van der Waals surface area contributed by atoms with E-state index in [1.165, 1.54) is 0 Å². The number of rotatable bonds is 4. The van der Waals surface area contributed by atoms with Crippen LogP contribution in [0.25, 0.3) is 11.1 Å². The van der Waals surface area contributed by atoms with Crippen LogP contribution in [0.3, 0.4) is 0 Å². The first-order valence-electron chi connectivity index (χ1n) is 8.37. The molecule has 0 aliphatic carbocycles. The van der Waals surface area contributed by atoms with Crippen LogP contribution in [0.1, 0.15) is 11.1 Å². The van der Waals surface area contributed by atoms with Crippen molar-refractivity contribution < 1.29 is 9.59 Å². The number of hydrogen-bond acceptors (Lipinski definition) is 2. The fourth-order valence-corrected chi connectivity index (χ4v) is 3.99. The summed E-state index contributed by atoms with van der Waals surface area (Å²) in [5.41, 5.74) is 4.02. The molecule has 4 nitrogen and oxygen atoms in total. The van der Waals surface area contributed by atoms with Crippen molar-refractivity contribution in [2.45, 2.75) is 0 Å². The molecule has 0 saturated carbocycles. The van der Waals surface area contributed by atoms with Gasteiger partial charge in [0, 0.05) is 36.0 Å². The Morgan fingerprint density at radius 3 is 1.42 bits per heavy atom. The number of halogens is 2. The number of amides is 2. The van der Waals surface area contributed by atoms with Crippen molar-refractivity contribution in [2.75, 3.05) is 34.6 Å². The summed E-state index contributed by atoms with van der Waals surface area (Å²) in [5.74, 6) is 0.285. The van der Waals surface area contributed by atoms with Gasteiger partial charge in [-0.15, -0.1) is 23.2 Å². The molecule has 132 valence electrons. The summed E-state index contributed by atoms with van der Waals surface area (Å²) >= 11 is 11.8. The molecule has 2 aromatic carbocycles. The zero-order chi connectivity index (χ0) is 18.3. The van der Waals surface area contributed by atoms with E-state index in [0.29, 0.717) is 36.0 Å². The minimum atomic E-state index is -0.183. The zero-order valence-electron chi connectivity index (χ0n) is 13.9. The van der Waals surface area contributed by atoms with Gasteiger partial charge in [-0.2, -0.15) is 0 Å². The second kappa shape index (κ2) is 6.78. The van der Waals surface area contributed by atoms with E-state index in [-0.39, 0.29) is 11.8 Å². The molecular formula is C20H16Cl2N2O2. The van der Waals surface area contributed by atoms with Crippen LogP contribution in [0.4, 0.5) is 11.4 Å². The van der Waals surface area contributed by atoms with Crippen molar-refractivity contribution in [3.8, 4) is 0 Å². The summed E-state index contributed by atoms with van der Waals surface area (Å²) in [6.07, 6.45) is 0. The van der Waals surface area contributed by atoms with Gasteiger partial charge in [-0.05, 0) is 12.1 Å². The molecule has 2 aliphatic rings. The third-order valence-corrected chi connectivity index (χ3v) is 5.05. The van der Waals surface area contributed by atoms with Crippen LogP contribution in [0.15, 0.2) is 48.5 Å². The van der Waals surface area contributed by atoms with Crippen molar-refractivity contribution in [3.63, 3.8) is 0 Å². The number of hydrogen-bond donors (Lipinski definition) is 0. The highest BCUT2D eigenvalue weighted by Gasteiger charge is 2.41. The minimum Gasteiger partial charge on any atom is -0.306 e. The van der Waals surface area contributed by atoms with Gasteiger partial charge in [-0.25, -0.2) is 0 Å². The van der Waals surface area contributed by atoms with Gasteiger partial charge in [0.2, 0.25) is 0 Å². The van der Waals surface area contributed by atoms with Gasteiger partial charge < -0.3 is 9.80 Å². The van der Waals surface area contributed by atoms with Crippen LogP contribution in [0, 0.1) is 0 Å². The van der Waals surface area contributed by atoms with Crippen molar-refractivity contribution in [1.82, 2.24) is 0 Å². The first kappa shape index (κ1) is 17.1. The largest absolute Gasteiger partial charge is 0.306 e. The number of para-hydroxylation sites is 2. The summed E-state index contributed by atoms with van der Waals surface area (Å²) in [4.78, 5) is 29.6. The van der Waals surface area contributed by atoms with Crippen LogP contribution in [0.2, 0.25) is 0 Å². The standard InChI is InChI=1S/C20H16Cl2N2O2/c21-9-11-23-15-7-3-1-5-13(15)17(19(23)25)18-14-6-2-4-8-16(14)24(12-10-22)20(18)26/h1-8H,9-12H2/b18-17-. The van der Waals surface area contributed by atoms with E-state index in [0.717, 1.165) is 22.5 Å². The molecule has 6 heteroatoms. The normalized spacial score (nSPS) is 18.5. The fraction of sp³-hybridized carbons (Fsp3) is 0.200. The SMILES string of the molecule is O=C1/C(=C2\C(=O)N(CCCl)c3ccccc32)c2ccccc2N1CCCl. The molecule has 0 spiro atoms. The lowest BCUT2D eigenvalue weighted by Crippen LogP contribution is -2.30. The average Bonchev–Trinajstić information content (AvgIpc) is 3.08. The molecule has 0 unspecified atom stereocenters. The quantitative estimate of drug-likeness (QED) is 0.592. The lowest BCUT2D eigenvalue weighted by Gasteiger charge is -2.15. The highest BCUT2D eigenvalue weighted by Crippen LogP contribution is 2.46. The Morgan fingerprint density at radius 2 is 1.04 bits per heavy atom. The van der Waals surface area contributed by atoms with Crippen molar-refractivity contribution in [1.29, 1.82) is 0 Å². The number of alkyl halides is 2. The molecule has 0 bridgehead atoms. The molecule has 2 aliphatic heterocycles. The lowest BCUT2D eigenvalue weighted by molar-refractivity contribution is -0.114. The van der Waals surface area contributed by atoms with Gasteiger partial charge >= 0.3 is 0 Å². The van der Waals surface area contributed by atoms with E-state index >= 15 is 0 Å². The summed E-state index contributed by atoms with van der Waals surface area (Å²) in [5, 5.41) is 0. The number of anilines is 2. The molecule has 2 aromatic rings. The summed E-state index contributed by atoms with van der Waals surface area (Å²) in [6.45, 7) is 0.796. The van der Waals surface area contributed by atoms with Crippen molar-refractivity contribution in [2.24, 2.45) is 0 Å². The molecule has 2 heterocycles. The number of carbonyl (C=O) groups is 2. The molecule has 0 aromatic heterocycles. The third kappa shape index (κ3) is 2.44. The first-order chi connectivity index (χ1) is 12.7. The molecule has 0 N–H and O–H groups in total. The van der Waals surface area contributed by atoms with Gasteiger partial charge in [0.15, 0.2) is 0 Å². The number of fused-ring (bicyclic) bond motifs is 2. The van der Waals surface area contributed by atoms with Gasteiger partial charge in [-0.1, -0.05) is 36.4 Å². The van der Waals surface area contributed by atoms with Crippen LogP contribution in [0.5, 0.6) is 0 Å². The van der Waals surface area contributed by atoms with Crippen LogP contribution >= 0.6 is 23.2 Å². The molecule has 0 atom stereocenters. The van der Waals surface area contributed by atoms with E-state index in [1.807, 2.05) is 48.5 Å². The first-order valence-corrected chi connectivity index (χ1v) is 9.44. The smallest absolute Gasteiger partial charge is 0.259 e. The molecular weight excluding hydrogens is 371 g/mol. The zero-order valence-corrected chi connectivity index (χ0v) is 15.4. The number of carbonyl (C=O) groups excluding carboxylic acids is 2. The van der Waals surface area contributed by atoms with Crippen molar-refractivity contribution >= 4 is 57.5 Å². The Bertz CT molecular complexity index is 863. The second-order valence-corrected chi connectivity index (χ2v) is 6.83.